The molecular formula is C13H13F3N2O5. The summed E-state index contributed by atoms with van der Waals surface area (Å²) in [4.78, 5) is 33.2. The molecule has 1 unspecified atom stereocenters. The molecule has 3 atom stereocenters. The van der Waals surface area contributed by atoms with Gasteiger partial charge in [-0.1, -0.05) is 12.7 Å². The van der Waals surface area contributed by atoms with Crippen LogP contribution in [0.15, 0.2) is 23.9 Å². The van der Waals surface area contributed by atoms with E-state index >= 15 is 0 Å². The van der Waals surface area contributed by atoms with Crippen molar-refractivity contribution < 1.29 is 37.8 Å². The Balaban J connectivity index is 0.000000236. The number of rotatable bonds is 2. The van der Waals surface area contributed by atoms with Crippen LogP contribution < -0.4 is 5.32 Å². The van der Waals surface area contributed by atoms with Gasteiger partial charge in [-0.15, -0.1) is 0 Å². The molecule has 0 spiro atoms. The van der Waals surface area contributed by atoms with E-state index in [0.717, 1.165) is 18.5 Å². The van der Waals surface area contributed by atoms with Gasteiger partial charge in [0, 0.05) is 5.92 Å². The molecule has 23 heavy (non-hydrogen) atoms. The van der Waals surface area contributed by atoms with E-state index in [1.165, 1.54) is 4.90 Å². The number of halogens is 3. The van der Waals surface area contributed by atoms with Crippen molar-refractivity contribution in [3.05, 3.63) is 23.9 Å². The lowest BCUT2D eigenvalue weighted by atomic mass is 9.79. The van der Waals surface area contributed by atoms with Gasteiger partial charge in [-0.3, -0.25) is 9.69 Å². The lowest BCUT2D eigenvalue weighted by molar-refractivity contribution is -0.192. The number of piperidine rings is 1. The number of amides is 1. The number of hydrogen-bond acceptors (Lipinski definition) is 4. The molecule has 3 aliphatic heterocycles. The molecule has 3 rings (SSSR count). The van der Waals surface area contributed by atoms with Crippen molar-refractivity contribution in [1.29, 1.82) is 0 Å². The smallest absolute Gasteiger partial charge is 0.477 e. The van der Waals surface area contributed by atoms with Gasteiger partial charge >= 0.3 is 18.1 Å². The van der Waals surface area contributed by atoms with Gasteiger partial charge < -0.3 is 15.5 Å². The van der Waals surface area contributed by atoms with Crippen molar-refractivity contribution in [3.63, 3.8) is 0 Å². The van der Waals surface area contributed by atoms with Crippen LogP contribution in [0.1, 0.15) is 6.42 Å². The molecular weight excluding hydrogens is 321 g/mol. The maximum absolute atomic E-state index is 11.8. The summed E-state index contributed by atoms with van der Waals surface area (Å²) in [6.07, 6.45) is -2.63. The quantitative estimate of drug-likeness (QED) is 0.629. The molecule has 3 heterocycles. The van der Waals surface area contributed by atoms with E-state index in [-0.39, 0.29) is 29.6 Å². The number of carbonyl (C=O) groups is 3. The lowest BCUT2D eigenvalue weighted by Gasteiger charge is -2.48. The molecule has 0 bridgehead atoms. The molecule has 0 radical (unpaired) electrons. The zero-order valence-corrected chi connectivity index (χ0v) is 11.6. The van der Waals surface area contributed by atoms with E-state index in [4.69, 9.17) is 15.0 Å². The predicted molar refractivity (Wildman–Crippen MR) is 69.1 cm³/mol. The van der Waals surface area contributed by atoms with E-state index < -0.39 is 18.1 Å². The number of aliphatic carboxylic acids is 2. The third-order valence-electron chi connectivity index (χ3n) is 3.95. The van der Waals surface area contributed by atoms with Crippen LogP contribution >= 0.6 is 0 Å². The van der Waals surface area contributed by atoms with Crippen molar-refractivity contribution in [2.45, 2.75) is 24.7 Å². The first-order valence-corrected chi connectivity index (χ1v) is 6.57. The van der Waals surface area contributed by atoms with Crippen LogP contribution in [-0.4, -0.2) is 57.8 Å². The highest BCUT2D eigenvalue weighted by Gasteiger charge is 2.60. The van der Waals surface area contributed by atoms with Crippen LogP contribution in [0.3, 0.4) is 0 Å². The van der Waals surface area contributed by atoms with Crippen LogP contribution in [0, 0.1) is 5.92 Å². The van der Waals surface area contributed by atoms with Crippen molar-refractivity contribution in [3.8, 4) is 0 Å². The van der Waals surface area contributed by atoms with E-state index in [9.17, 15) is 22.8 Å². The van der Waals surface area contributed by atoms with Crippen LogP contribution in [0.5, 0.6) is 0 Å². The highest BCUT2D eigenvalue weighted by Crippen LogP contribution is 2.46. The third-order valence-corrected chi connectivity index (χ3v) is 3.95. The average Bonchev–Trinajstić information content (AvgIpc) is 2.79. The maximum atomic E-state index is 11.8. The minimum absolute atomic E-state index is 0.000324. The molecule has 1 amide bonds. The Kier molecular flexibility index (Phi) is 4.20. The second-order valence-corrected chi connectivity index (χ2v) is 5.14. The monoisotopic (exact) mass is 334 g/mol. The van der Waals surface area contributed by atoms with Gasteiger partial charge in [0.15, 0.2) is 0 Å². The Morgan fingerprint density at radius 1 is 1.35 bits per heavy atom. The first-order valence-electron chi connectivity index (χ1n) is 6.57. The SMILES string of the molecule is C=CC1=C(C(=O)O)N2C(=O)[C@H]3NCCC1[C@H]32.O=C(O)C(F)(F)F. The number of carboxylic acids is 2. The van der Waals surface area contributed by atoms with Crippen LogP contribution in [0.4, 0.5) is 13.2 Å². The molecule has 3 aliphatic rings. The number of carboxylic acid groups (broad SMARTS) is 2. The fourth-order valence-electron chi connectivity index (χ4n) is 3.08. The standard InChI is InChI=1S/C11H12N2O3.C2HF3O2/c1-2-5-6-3-4-12-7-8(6)13(10(7)14)9(5)11(15)16;3-2(4,5)1(6)7/h2,6-8,12H,1,3-4H2,(H,15,16);(H,6,7)/t6?,7-,8+;/m0./s1. The molecule has 0 aliphatic carbocycles. The summed E-state index contributed by atoms with van der Waals surface area (Å²) >= 11 is 0. The van der Waals surface area contributed by atoms with Crippen molar-refractivity contribution in [2.24, 2.45) is 5.92 Å². The number of hydrogen-bond donors (Lipinski definition) is 3. The highest BCUT2D eigenvalue weighted by atomic mass is 19.4. The van der Waals surface area contributed by atoms with Gasteiger partial charge in [0.2, 0.25) is 5.91 Å². The number of carbonyl (C=O) groups excluding carboxylic acids is 1. The zero-order chi connectivity index (χ0) is 17.5. The summed E-state index contributed by atoms with van der Waals surface area (Å²) in [5, 5.41) is 19.4. The summed E-state index contributed by atoms with van der Waals surface area (Å²) in [5.41, 5.74) is 0.852. The number of β-lactam (4-membered cyclic amide) rings is 1. The van der Waals surface area contributed by atoms with Crippen molar-refractivity contribution in [2.75, 3.05) is 6.54 Å². The summed E-state index contributed by atoms with van der Waals surface area (Å²) in [6, 6.07) is -0.189. The van der Waals surface area contributed by atoms with E-state index in [1.807, 2.05) is 0 Å². The fourth-order valence-corrected chi connectivity index (χ4v) is 3.08. The molecule has 0 aromatic heterocycles. The normalized spacial score (nSPS) is 28.4. The van der Waals surface area contributed by atoms with Gasteiger partial charge in [0.25, 0.3) is 0 Å². The zero-order valence-electron chi connectivity index (χ0n) is 11.6. The number of nitrogens with zero attached hydrogens (tertiary/aromatic N) is 1. The second kappa shape index (κ2) is 5.69. The molecule has 2 saturated heterocycles. The topological polar surface area (TPSA) is 107 Å². The fraction of sp³-hybridized carbons (Fsp3) is 0.462. The largest absolute Gasteiger partial charge is 0.490 e. The van der Waals surface area contributed by atoms with Gasteiger partial charge in [-0.2, -0.15) is 13.2 Å². The minimum atomic E-state index is -5.08. The molecule has 0 aromatic rings. The molecule has 0 saturated carbocycles. The summed E-state index contributed by atoms with van der Waals surface area (Å²) < 4.78 is 31.7. The van der Waals surface area contributed by atoms with Crippen LogP contribution in [0.2, 0.25) is 0 Å². The Labute approximate surface area is 128 Å². The summed E-state index contributed by atoms with van der Waals surface area (Å²) in [6.45, 7) is 4.42. The second-order valence-electron chi connectivity index (χ2n) is 5.14. The molecule has 2 fully saturated rings. The maximum Gasteiger partial charge on any atom is 0.490 e. The van der Waals surface area contributed by atoms with Gasteiger partial charge in [0.1, 0.15) is 11.7 Å². The number of allylic oxidation sites excluding steroid dienone is 1. The molecule has 7 nitrogen and oxygen atoms in total. The summed E-state index contributed by atoms with van der Waals surface area (Å²) in [7, 11) is 0. The molecule has 3 N–H and O–H groups in total. The Hall–Kier alpha value is -2.36. The van der Waals surface area contributed by atoms with E-state index in [2.05, 4.69) is 11.9 Å². The van der Waals surface area contributed by atoms with Gasteiger partial charge in [-0.05, 0) is 18.5 Å². The van der Waals surface area contributed by atoms with E-state index in [0.29, 0.717) is 0 Å². The van der Waals surface area contributed by atoms with Crippen molar-refractivity contribution >= 4 is 17.8 Å². The third kappa shape index (κ3) is 2.69. The molecule has 126 valence electrons. The minimum Gasteiger partial charge on any atom is -0.477 e. The Bertz CT molecular complexity index is 613. The highest BCUT2D eigenvalue weighted by molar-refractivity contribution is 6.02. The van der Waals surface area contributed by atoms with Gasteiger partial charge in [0.05, 0.1) is 6.04 Å². The number of nitrogens with one attached hydrogen (secondary N) is 1. The first kappa shape index (κ1) is 17.0. The number of alkyl halides is 3. The first-order chi connectivity index (χ1) is 10.6. The average molecular weight is 334 g/mol. The van der Waals surface area contributed by atoms with Crippen LogP contribution in [0.25, 0.3) is 0 Å². The molecule has 10 heteroatoms. The van der Waals surface area contributed by atoms with E-state index in [1.54, 1.807) is 6.08 Å². The molecule has 0 aromatic carbocycles. The predicted octanol–water partition coefficient (Wildman–Crippen LogP) is 0.347. The summed E-state index contributed by atoms with van der Waals surface area (Å²) in [5.74, 6) is -3.76. The van der Waals surface area contributed by atoms with Crippen molar-refractivity contribution in [1.82, 2.24) is 10.2 Å². The van der Waals surface area contributed by atoms with Gasteiger partial charge in [-0.25, -0.2) is 9.59 Å². The van der Waals surface area contributed by atoms with Crippen LogP contribution in [-0.2, 0) is 14.4 Å². The lowest BCUT2D eigenvalue weighted by Crippen LogP contribution is -2.71. The Morgan fingerprint density at radius 3 is 2.35 bits per heavy atom. The Morgan fingerprint density at radius 2 is 1.91 bits per heavy atom.